The largest absolute Gasteiger partial charge is 0.494 e. The molecule has 0 aliphatic heterocycles. The lowest BCUT2D eigenvalue weighted by molar-refractivity contribution is -0.0324. The summed E-state index contributed by atoms with van der Waals surface area (Å²) in [6.07, 6.45) is 0.573. The molecule has 0 fully saturated rings. The van der Waals surface area contributed by atoms with Crippen molar-refractivity contribution in [3.63, 3.8) is 0 Å². The number of pyridine rings is 1. The molecule has 0 amide bonds. The van der Waals surface area contributed by atoms with Crippen LogP contribution in [0.1, 0.15) is 24.4 Å². The van der Waals surface area contributed by atoms with E-state index in [1.165, 1.54) is 45.2 Å². The number of methoxy groups -OCH3 is 3. The van der Waals surface area contributed by atoms with Crippen LogP contribution in [0.4, 0.5) is 5.95 Å². The van der Waals surface area contributed by atoms with Crippen LogP contribution < -0.4 is 18.9 Å². The number of aryl methyl sites for hydroxylation is 1. The van der Waals surface area contributed by atoms with E-state index in [4.69, 9.17) is 18.9 Å². The average molecular weight is 616 g/mol. The molecule has 0 spiro atoms. The molecule has 0 radical (unpaired) electrons. The normalized spacial score (nSPS) is 13.7. The maximum Gasteiger partial charge on any atom is 0.243 e. The van der Waals surface area contributed by atoms with Crippen molar-refractivity contribution < 1.29 is 37.6 Å². The van der Waals surface area contributed by atoms with Crippen molar-refractivity contribution in [2.24, 2.45) is 0 Å². The number of aliphatic hydroxyl groups excluding tert-OH is 2. The molecule has 4 aromatic rings. The molecule has 15 nitrogen and oxygen atoms in total. The van der Waals surface area contributed by atoms with Crippen molar-refractivity contribution in [1.29, 1.82) is 0 Å². The molecular formula is C27H33N7O8S. The SMILES string of the molecule is COc1cccc(-c2nnc(NS(=O)(=O)[C@@H](C)[C@H](OCC(O)CO)c3ncc(C)cn3)n2-c2c(OC)cccc2OC)n1. The molecule has 1 aromatic carbocycles. The smallest absolute Gasteiger partial charge is 0.243 e. The van der Waals surface area contributed by atoms with Gasteiger partial charge in [-0.05, 0) is 37.6 Å². The Morgan fingerprint density at radius 3 is 2.23 bits per heavy atom. The molecular weight excluding hydrogens is 582 g/mol. The Morgan fingerprint density at radius 1 is 0.977 bits per heavy atom. The number of benzene rings is 1. The molecule has 0 aliphatic carbocycles. The zero-order valence-corrected chi connectivity index (χ0v) is 25.0. The van der Waals surface area contributed by atoms with Gasteiger partial charge in [-0.2, -0.15) is 0 Å². The van der Waals surface area contributed by atoms with Crippen LogP contribution in [0.25, 0.3) is 17.2 Å². The van der Waals surface area contributed by atoms with Crippen LogP contribution in [0.15, 0.2) is 48.8 Å². The first-order valence-corrected chi connectivity index (χ1v) is 14.6. The topological polar surface area (TPSA) is 193 Å². The molecule has 3 heterocycles. The summed E-state index contributed by atoms with van der Waals surface area (Å²) in [5.74, 6) is 1.01. The number of aliphatic hydroxyl groups is 2. The van der Waals surface area contributed by atoms with Crippen LogP contribution in [0, 0.1) is 6.92 Å². The molecule has 3 atom stereocenters. The van der Waals surface area contributed by atoms with Gasteiger partial charge in [-0.1, -0.05) is 12.1 Å². The first-order chi connectivity index (χ1) is 20.6. The number of aromatic nitrogens is 6. The van der Waals surface area contributed by atoms with Gasteiger partial charge in [0.1, 0.15) is 40.3 Å². The summed E-state index contributed by atoms with van der Waals surface area (Å²) in [4.78, 5) is 12.9. The van der Waals surface area contributed by atoms with Gasteiger partial charge in [-0.25, -0.2) is 23.4 Å². The van der Waals surface area contributed by atoms with Crippen molar-refractivity contribution in [2.45, 2.75) is 31.3 Å². The molecule has 3 aromatic heterocycles. The monoisotopic (exact) mass is 615 g/mol. The average Bonchev–Trinajstić information content (AvgIpc) is 3.43. The molecule has 1 unspecified atom stereocenters. The summed E-state index contributed by atoms with van der Waals surface area (Å²) < 4.78 is 53.9. The van der Waals surface area contributed by atoms with Crippen LogP contribution in [0.5, 0.6) is 17.4 Å². The molecule has 0 bridgehead atoms. The number of hydrogen-bond acceptors (Lipinski definition) is 13. The van der Waals surface area contributed by atoms with Crippen LogP contribution in [-0.4, -0.2) is 94.2 Å². The first-order valence-electron chi connectivity index (χ1n) is 13.0. The third kappa shape index (κ3) is 6.99. The minimum Gasteiger partial charge on any atom is -0.494 e. The Bertz CT molecular complexity index is 1610. The molecule has 43 heavy (non-hydrogen) atoms. The summed E-state index contributed by atoms with van der Waals surface area (Å²) in [5.41, 5.74) is 1.39. The lowest BCUT2D eigenvalue weighted by Gasteiger charge is -2.25. The first kappa shape index (κ1) is 31.6. The second-order valence-electron chi connectivity index (χ2n) is 9.32. The van der Waals surface area contributed by atoms with E-state index >= 15 is 0 Å². The van der Waals surface area contributed by atoms with Crippen molar-refractivity contribution in [3.05, 3.63) is 60.2 Å². The van der Waals surface area contributed by atoms with E-state index in [2.05, 4.69) is 29.9 Å². The summed E-state index contributed by atoms with van der Waals surface area (Å²) in [7, 11) is 0.0644. The Morgan fingerprint density at radius 2 is 1.63 bits per heavy atom. The molecule has 0 saturated heterocycles. The van der Waals surface area contributed by atoms with E-state index in [1.807, 2.05) is 0 Å². The van der Waals surface area contributed by atoms with Crippen LogP contribution in [0.3, 0.4) is 0 Å². The standard InChI is InChI=1S/C27H33N7O8S/c1-16-12-28-25(29-13-16)24(42-15-18(36)14-35)17(2)43(37,38)33-27-32-31-26(19-8-6-11-22(30-19)41-5)34(27)23-20(39-3)9-7-10-21(23)40-4/h6-13,17-18,24,35-36H,14-15H2,1-5H3,(H,32,33)/t17-,18?,24-/m0/s1. The number of nitrogens with zero attached hydrogens (tertiary/aromatic N) is 6. The quantitative estimate of drug-likeness (QED) is 0.186. The van der Waals surface area contributed by atoms with E-state index in [0.29, 0.717) is 28.8 Å². The summed E-state index contributed by atoms with van der Waals surface area (Å²) in [6.45, 7) is 2.24. The third-order valence-corrected chi connectivity index (χ3v) is 8.03. The third-order valence-electron chi connectivity index (χ3n) is 6.33. The number of sulfonamides is 1. The molecule has 4 rings (SSSR count). The van der Waals surface area contributed by atoms with Gasteiger partial charge in [0, 0.05) is 18.5 Å². The van der Waals surface area contributed by atoms with Gasteiger partial charge < -0.3 is 29.2 Å². The second-order valence-corrected chi connectivity index (χ2v) is 11.4. The van der Waals surface area contributed by atoms with E-state index in [9.17, 15) is 18.6 Å². The summed E-state index contributed by atoms with van der Waals surface area (Å²) in [6, 6.07) is 10.1. The highest BCUT2D eigenvalue weighted by atomic mass is 32.2. The van der Waals surface area contributed by atoms with Gasteiger partial charge in [0.05, 0.1) is 34.5 Å². The van der Waals surface area contributed by atoms with Crippen molar-refractivity contribution >= 4 is 16.0 Å². The Hall–Kier alpha value is -4.38. The number of ether oxygens (including phenoxy) is 4. The molecule has 0 aliphatic rings. The van der Waals surface area contributed by atoms with Crippen molar-refractivity contribution in [1.82, 2.24) is 29.7 Å². The Balaban J connectivity index is 1.83. The highest BCUT2D eigenvalue weighted by molar-refractivity contribution is 7.93. The minimum atomic E-state index is -4.33. The fourth-order valence-corrected chi connectivity index (χ4v) is 5.15. The number of nitrogens with one attached hydrogen (secondary N) is 1. The zero-order chi connectivity index (χ0) is 31.1. The van der Waals surface area contributed by atoms with Gasteiger partial charge in [0.2, 0.25) is 21.9 Å². The van der Waals surface area contributed by atoms with Gasteiger partial charge >= 0.3 is 0 Å². The van der Waals surface area contributed by atoms with Gasteiger partial charge in [0.25, 0.3) is 0 Å². The predicted molar refractivity (Wildman–Crippen MR) is 155 cm³/mol. The predicted octanol–water partition coefficient (Wildman–Crippen LogP) is 1.69. The maximum absolute atomic E-state index is 13.9. The molecule has 0 saturated carbocycles. The zero-order valence-electron chi connectivity index (χ0n) is 24.2. The fraction of sp³-hybridized carbons (Fsp3) is 0.370. The highest BCUT2D eigenvalue weighted by Crippen LogP contribution is 2.38. The van der Waals surface area contributed by atoms with Crippen molar-refractivity contribution in [2.75, 3.05) is 39.3 Å². The lowest BCUT2D eigenvalue weighted by atomic mass is 10.2. The van der Waals surface area contributed by atoms with E-state index in [0.717, 1.165) is 5.56 Å². The van der Waals surface area contributed by atoms with E-state index in [1.54, 1.807) is 43.3 Å². The summed E-state index contributed by atoms with van der Waals surface area (Å²) >= 11 is 0. The maximum atomic E-state index is 13.9. The van der Waals surface area contributed by atoms with Gasteiger partial charge in [-0.3, -0.25) is 9.29 Å². The Kier molecular flexibility index (Phi) is 10.1. The number of para-hydroxylation sites is 1. The van der Waals surface area contributed by atoms with Crippen LogP contribution >= 0.6 is 0 Å². The second kappa shape index (κ2) is 13.7. The van der Waals surface area contributed by atoms with Gasteiger partial charge in [-0.15, -0.1) is 10.2 Å². The lowest BCUT2D eigenvalue weighted by Crippen LogP contribution is -2.35. The number of rotatable bonds is 14. The fourth-order valence-electron chi connectivity index (χ4n) is 4.05. The highest BCUT2D eigenvalue weighted by Gasteiger charge is 2.36. The van der Waals surface area contributed by atoms with Crippen molar-refractivity contribution in [3.8, 4) is 34.6 Å². The summed E-state index contributed by atoms with van der Waals surface area (Å²) in [5, 5.41) is 26.2. The molecule has 16 heteroatoms. The minimum absolute atomic E-state index is 0.0720. The molecule has 3 N–H and O–H groups in total. The van der Waals surface area contributed by atoms with Crippen LogP contribution in [-0.2, 0) is 14.8 Å². The number of anilines is 1. The van der Waals surface area contributed by atoms with E-state index in [-0.39, 0.29) is 24.2 Å². The van der Waals surface area contributed by atoms with E-state index < -0.39 is 34.1 Å². The molecule has 230 valence electrons. The Labute approximate surface area is 248 Å². The van der Waals surface area contributed by atoms with Gasteiger partial charge in [0.15, 0.2) is 11.6 Å². The number of hydrogen-bond donors (Lipinski definition) is 3. The van der Waals surface area contributed by atoms with Crippen LogP contribution in [0.2, 0.25) is 0 Å².